The van der Waals surface area contributed by atoms with Crippen LogP contribution in [0.5, 0.6) is 5.88 Å². The molecule has 190 valence electrons. The van der Waals surface area contributed by atoms with Crippen LogP contribution in [0.4, 0.5) is 0 Å². The molecule has 0 unspecified atom stereocenters. The van der Waals surface area contributed by atoms with Crippen molar-refractivity contribution in [2.45, 2.75) is 11.8 Å². The van der Waals surface area contributed by atoms with Crippen LogP contribution >= 0.6 is 12.2 Å². The van der Waals surface area contributed by atoms with E-state index < -0.39 is 15.8 Å². The molecule has 0 saturated heterocycles. The van der Waals surface area contributed by atoms with E-state index in [1.807, 2.05) is 0 Å². The highest BCUT2D eigenvalue weighted by Gasteiger charge is 2.14. The SMILES string of the molecule is COc1cc(CO)nc(S(C)(=O)=O)n1.O=C(O)c1ncccn1.S=c1nccc[nH]1.c1cncnc1. The van der Waals surface area contributed by atoms with E-state index in [2.05, 4.69) is 52.1 Å². The lowest BCUT2D eigenvalue weighted by atomic mass is 10.4. The molecule has 0 amide bonds. The number of nitrogens with one attached hydrogen (secondary N) is 1. The fraction of sp³-hybridized carbons (Fsp3) is 0.150. The molecule has 4 rings (SSSR count). The lowest BCUT2D eigenvalue weighted by molar-refractivity contribution is 0.0683. The molecule has 36 heavy (non-hydrogen) atoms. The molecule has 0 atom stereocenters. The van der Waals surface area contributed by atoms with Gasteiger partial charge in [-0.05, 0) is 30.4 Å². The largest absolute Gasteiger partial charge is 0.481 e. The molecule has 3 N–H and O–H groups in total. The number of hydrogen-bond donors (Lipinski definition) is 3. The smallest absolute Gasteiger partial charge is 0.373 e. The molecule has 4 aromatic heterocycles. The van der Waals surface area contributed by atoms with Crippen molar-refractivity contribution in [1.82, 2.24) is 39.9 Å². The lowest BCUT2D eigenvalue weighted by Crippen LogP contribution is -2.07. The second-order valence-corrected chi connectivity index (χ2v) is 8.28. The minimum Gasteiger partial charge on any atom is -0.481 e. The Morgan fingerprint density at radius 2 is 1.64 bits per heavy atom. The van der Waals surface area contributed by atoms with Gasteiger partial charge >= 0.3 is 5.97 Å². The van der Waals surface area contributed by atoms with Gasteiger partial charge in [0.1, 0.15) is 6.33 Å². The average molecular weight is 535 g/mol. The molecule has 0 aliphatic carbocycles. The molecule has 14 nitrogen and oxygen atoms in total. The number of hydrogen-bond acceptors (Lipinski definition) is 13. The number of aliphatic hydroxyl groups is 1. The number of methoxy groups -OCH3 is 1. The van der Waals surface area contributed by atoms with Crippen molar-refractivity contribution in [3.63, 3.8) is 0 Å². The highest BCUT2D eigenvalue weighted by Crippen LogP contribution is 2.12. The molecular formula is C20H22N8O6S2. The number of carboxylic acids is 1. The van der Waals surface area contributed by atoms with Gasteiger partial charge in [-0.15, -0.1) is 0 Å². The molecule has 0 aromatic carbocycles. The summed E-state index contributed by atoms with van der Waals surface area (Å²) in [5, 5.41) is 16.7. The first-order valence-electron chi connectivity index (χ1n) is 9.60. The average Bonchev–Trinajstić information content (AvgIpc) is 2.91. The Labute approximate surface area is 211 Å². The first kappa shape index (κ1) is 29.8. The number of aromatic amines is 1. The van der Waals surface area contributed by atoms with Crippen LogP contribution in [-0.2, 0) is 16.4 Å². The number of H-pyrrole nitrogens is 1. The number of rotatable bonds is 4. The molecular weight excluding hydrogens is 512 g/mol. The summed E-state index contributed by atoms with van der Waals surface area (Å²) in [5.74, 6) is -1.16. The van der Waals surface area contributed by atoms with E-state index >= 15 is 0 Å². The van der Waals surface area contributed by atoms with Crippen LogP contribution in [0.3, 0.4) is 0 Å². The summed E-state index contributed by atoms with van der Waals surface area (Å²) in [7, 11) is -2.12. The number of aromatic carboxylic acids is 1. The summed E-state index contributed by atoms with van der Waals surface area (Å²) < 4.78 is 27.5. The van der Waals surface area contributed by atoms with Gasteiger partial charge in [-0.3, -0.25) is 0 Å². The van der Waals surface area contributed by atoms with E-state index in [-0.39, 0.29) is 29.2 Å². The zero-order valence-electron chi connectivity index (χ0n) is 19.0. The van der Waals surface area contributed by atoms with E-state index in [4.69, 9.17) is 14.9 Å². The fourth-order valence-corrected chi connectivity index (χ4v) is 2.44. The minimum atomic E-state index is -3.48. The van der Waals surface area contributed by atoms with Crippen molar-refractivity contribution in [2.24, 2.45) is 0 Å². The summed E-state index contributed by atoms with van der Waals surface area (Å²) in [6.07, 6.45) is 12.0. The molecule has 16 heteroatoms. The first-order valence-corrected chi connectivity index (χ1v) is 11.9. The normalized spacial score (nSPS) is 9.64. The maximum Gasteiger partial charge on any atom is 0.373 e. The van der Waals surface area contributed by atoms with Gasteiger partial charge in [-0.25, -0.2) is 43.1 Å². The summed E-state index contributed by atoms with van der Waals surface area (Å²) >= 11 is 4.65. The Kier molecular flexibility index (Phi) is 13.5. The second kappa shape index (κ2) is 16.4. The number of sulfone groups is 1. The molecule has 0 aliphatic heterocycles. The minimum absolute atomic E-state index is 0.115. The van der Waals surface area contributed by atoms with E-state index in [1.54, 1.807) is 43.0 Å². The summed E-state index contributed by atoms with van der Waals surface area (Å²) in [6.45, 7) is -0.360. The number of carboxylic acid groups (broad SMARTS) is 1. The van der Waals surface area contributed by atoms with Crippen LogP contribution in [0.2, 0.25) is 0 Å². The van der Waals surface area contributed by atoms with Gasteiger partial charge < -0.3 is 19.9 Å². The fourth-order valence-electron chi connectivity index (χ4n) is 1.77. The highest BCUT2D eigenvalue weighted by molar-refractivity contribution is 7.90. The molecule has 4 aromatic rings. The third-order valence-corrected chi connectivity index (χ3v) is 4.32. The van der Waals surface area contributed by atoms with Crippen molar-refractivity contribution < 1.29 is 28.2 Å². The van der Waals surface area contributed by atoms with Crippen molar-refractivity contribution in [2.75, 3.05) is 13.4 Å². The Balaban J connectivity index is 0.000000254. The summed E-state index contributed by atoms with van der Waals surface area (Å²) in [5.41, 5.74) is 0.206. The van der Waals surface area contributed by atoms with Crippen LogP contribution in [0, 0.1) is 4.77 Å². The topological polar surface area (TPSA) is 207 Å². The first-order chi connectivity index (χ1) is 17.2. The third-order valence-electron chi connectivity index (χ3n) is 3.25. The number of aliphatic hydroxyl groups excluding tert-OH is 1. The monoisotopic (exact) mass is 534 g/mol. The Morgan fingerprint density at radius 1 is 1.03 bits per heavy atom. The van der Waals surface area contributed by atoms with E-state index in [0.29, 0.717) is 4.77 Å². The van der Waals surface area contributed by atoms with Gasteiger partial charge in [0.2, 0.25) is 26.7 Å². The van der Waals surface area contributed by atoms with Crippen molar-refractivity contribution in [3.05, 3.63) is 84.1 Å². The van der Waals surface area contributed by atoms with Crippen LogP contribution in [0.15, 0.2) is 72.9 Å². The summed E-state index contributed by atoms with van der Waals surface area (Å²) in [6, 6.07) is 6.50. The maximum atomic E-state index is 11.1. The van der Waals surface area contributed by atoms with Crippen LogP contribution in [0.25, 0.3) is 0 Å². The molecule has 0 spiro atoms. The van der Waals surface area contributed by atoms with E-state index in [1.165, 1.54) is 31.9 Å². The number of ether oxygens (including phenoxy) is 1. The van der Waals surface area contributed by atoms with Gasteiger partial charge in [-0.1, -0.05) is 0 Å². The standard InChI is InChI=1S/C7H10N2O4S.C5H4N2O2.C4H4N2S.C4H4N2/c1-13-6-3-5(4-10)8-7(9-6)14(2,11)12;8-5(9)4-6-2-1-3-7-4;7-4-5-2-1-3-6-4;1-2-5-4-6-3-1/h3,10H,4H2,1-2H3;1-3H,(H,8,9);1-3H,(H,5,6,7);1-4H. The van der Waals surface area contributed by atoms with Gasteiger partial charge in [-0.2, -0.15) is 4.98 Å². The predicted molar refractivity (Wildman–Crippen MR) is 128 cm³/mol. The third kappa shape index (κ3) is 12.8. The number of aromatic nitrogens is 8. The zero-order valence-corrected chi connectivity index (χ0v) is 20.7. The Morgan fingerprint density at radius 3 is 1.97 bits per heavy atom. The van der Waals surface area contributed by atoms with Crippen molar-refractivity contribution in [3.8, 4) is 5.88 Å². The maximum absolute atomic E-state index is 11.1. The summed E-state index contributed by atoms with van der Waals surface area (Å²) in [4.78, 5) is 38.1. The zero-order chi connectivity index (χ0) is 26.8. The molecule has 0 radical (unpaired) electrons. The Bertz CT molecular complexity index is 1280. The van der Waals surface area contributed by atoms with Crippen molar-refractivity contribution >= 4 is 28.0 Å². The Hall–Kier alpha value is -4.28. The highest BCUT2D eigenvalue weighted by atomic mass is 32.2. The van der Waals surface area contributed by atoms with E-state index in [9.17, 15) is 13.2 Å². The van der Waals surface area contributed by atoms with Crippen molar-refractivity contribution in [1.29, 1.82) is 0 Å². The molecule has 0 bridgehead atoms. The molecule has 0 aliphatic rings. The number of carbonyl (C=O) groups is 1. The molecule has 0 fully saturated rings. The van der Waals surface area contributed by atoms with Crippen LogP contribution < -0.4 is 4.74 Å². The lowest BCUT2D eigenvalue weighted by Gasteiger charge is -2.03. The van der Waals surface area contributed by atoms with Gasteiger partial charge in [0.15, 0.2) is 4.77 Å². The van der Waals surface area contributed by atoms with Crippen LogP contribution in [-0.4, -0.2) is 77.8 Å². The second-order valence-electron chi connectivity index (χ2n) is 5.98. The van der Waals surface area contributed by atoms with Gasteiger partial charge in [0, 0.05) is 49.5 Å². The number of nitrogens with zero attached hydrogens (tertiary/aromatic N) is 7. The van der Waals surface area contributed by atoms with Gasteiger partial charge in [0.25, 0.3) is 0 Å². The van der Waals surface area contributed by atoms with E-state index in [0.717, 1.165) is 6.26 Å². The quantitative estimate of drug-likeness (QED) is 0.248. The van der Waals surface area contributed by atoms with Crippen LogP contribution in [0.1, 0.15) is 16.3 Å². The predicted octanol–water partition coefficient (Wildman–Crippen LogP) is 1.17. The molecule has 4 heterocycles. The van der Waals surface area contributed by atoms with Gasteiger partial charge in [0.05, 0.1) is 19.4 Å². The molecule has 0 saturated carbocycles.